The average Bonchev–Trinajstić information content (AvgIpc) is 3.23. The Bertz CT molecular complexity index is 738. The van der Waals surface area contributed by atoms with Crippen LogP contribution in [0, 0.1) is 72.9 Å². The van der Waals surface area contributed by atoms with Crippen molar-refractivity contribution < 1.29 is 9.53 Å². The zero-order valence-corrected chi connectivity index (χ0v) is 12.0. The molecule has 108 valence electrons. The van der Waals surface area contributed by atoms with E-state index in [9.17, 15) is 25.8 Å². The lowest BCUT2D eigenvalue weighted by molar-refractivity contribution is -0.159. The highest BCUT2D eigenvalue weighted by Gasteiger charge is 2.91. The van der Waals surface area contributed by atoms with Crippen molar-refractivity contribution in [3.63, 3.8) is 0 Å². The minimum absolute atomic E-state index is 0.105. The van der Waals surface area contributed by atoms with Gasteiger partial charge in [0.2, 0.25) is 0 Å². The van der Waals surface area contributed by atoms with Crippen molar-refractivity contribution in [2.75, 3.05) is 6.61 Å². The molecule has 3 rings (SSSR count). The molecule has 0 aromatic rings. The molecule has 2 bridgehead atoms. The number of esters is 1. The second-order valence-electron chi connectivity index (χ2n) is 6.03. The van der Waals surface area contributed by atoms with Crippen LogP contribution >= 0.6 is 0 Å². The third kappa shape index (κ3) is 0.966. The van der Waals surface area contributed by atoms with Crippen LogP contribution in [-0.4, -0.2) is 12.6 Å². The summed E-state index contributed by atoms with van der Waals surface area (Å²) in [5, 5.41) is 38.8. The van der Waals surface area contributed by atoms with Gasteiger partial charge in [0.25, 0.3) is 0 Å². The summed E-state index contributed by atoms with van der Waals surface area (Å²) in [5.74, 6) is -1.28. The van der Waals surface area contributed by atoms with Crippen LogP contribution < -0.4 is 0 Å². The molecule has 3 aliphatic carbocycles. The van der Waals surface area contributed by atoms with E-state index in [1.54, 1.807) is 19.1 Å². The summed E-state index contributed by atoms with van der Waals surface area (Å²) in [4.78, 5) is 12.7. The first-order valence-electron chi connectivity index (χ1n) is 7.04. The fraction of sp³-hybridized carbons (Fsp3) is 0.562. The van der Waals surface area contributed by atoms with Gasteiger partial charge in [-0.25, -0.2) is 0 Å². The predicted octanol–water partition coefficient (Wildman–Crippen LogP) is 1.58. The van der Waals surface area contributed by atoms with Gasteiger partial charge in [-0.1, -0.05) is 12.2 Å². The summed E-state index contributed by atoms with van der Waals surface area (Å²) in [6, 6.07) is 7.54. The van der Waals surface area contributed by atoms with Crippen LogP contribution in [0.5, 0.6) is 0 Å². The number of allylic oxidation sites excluding steroid dienone is 1. The van der Waals surface area contributed by atoms with Crippen molar-refractivity contribution in [2.45, 2.75) is 19.8 Å². The molecule has 0 unspecified atom stereocenters. The van der Waals surface area contributed by atoms with Crippen LogP contribution in [0.1, 0.15) is 19.8 Å². The molecule has 0 aliphatic heterocycles. The van der Waals surface area contributed by atoms with Crippen molar-refractivity contribution >= 4 is 5.97 Å². The Kier molecular flexibility index (Phi) is 2.49. The van der Waals surface area contributed by atoms with E-state index in [1.165, 1.54) is 0 Å². The van der Waals surface area contributed by atoms with E-state index < -0.39 is 33.5 Å². The molecule has 22 heavy (non-hydrogen) atoms. The fourth-order valence-electron chi connectivity index (χ4n) is 4.66. The molecule has 0 heterocycles. The number of nitriles is 4. The molecule has 0 N–H and O–H groups in total. The molecule has 3 aliphatic rings. The summed E-state index contributed by atoms with van der Waals surface area (Å²) in [7, 11) is 0. The minimum atomic E-state index is -2.05. The Morgan fingerprint density at radius 2 is 1.77 bits per heavy atom. The molecule has 0 amide bonds. The van der Waals surface area contributed by atoms with E-state index in [0.29, 0.717) is 12.8 Å². The van der Waals surface area contributed by atoms with E-state index in [4.69, 9.17) is 4.74 Å². The summed E-state index contributed by atoms with van der Waals surface area (Å²) in [6.45, 7) is 1.75. The second-order valence-corrected chi connectivity index (χ2v) is 6.03. The van der Waals surface area contributed by atoms with Gasteiger partial charge in [-0.2, -0.15) is 21.0 Å². The van der Waals surface area contributed by atoms with Crippen LogP contribution in [0.4, 0.5) is 0 Å². The maximum atomic E-state index is 12.7. The van der Waals surface area contributed by atoms with Gasteiger partial charge in [-0.3, -0.25) is 4.79 Å². The molecule has 1 spiro atoms. The highest BCUT2D eigenvalue weighted by atomic mass is 16.5. The monoisotopic (exact) mass is 292 g/mol. The van der Waals surface area contributed by atoms with Gasteiger partial charge in [0.05, 0.1) is 30.9 Å². The van der Waals surface area contributed by atoms with Crippen LogP contribution in [-0.2, 0) is 9.53 Å². The topological polar surface area (TPSA) is 121 Å². The Labute approximate surface area is 127 Å². The lowest BCUT2D eigenvalue weighted by Crippen LogP contribution is -2.52. The van der Waals surface area contributed by atoms with Gasteiger partial charge >= 0.3 is 5.97 Å². The first-order chi connectivity index (χ1) is 10.5. The number of hydrogen-bond donors (Lipinski definition) is 0. The van der Waals surface area contributed by atoms with Crippen molar-refractivity contribution in [3.8, 4) is 24.3 Å². The van der Waals surface area contributed by atoms with Gasteiger partial charge in [0.1, 0.15) is 5.41 Å². The summed E-state index contributed by atoms with van der Waals surface area (Å²) in [5.41, 5.74) is -6.15. The van der Waals surface area contributed by atoms with Crippen LogP contribution in [0.3, 0.4) is 0 Å². The molecule has 0 saturated heterocycles. The molecular formula is C16H12N4O2. The lowest BCUT2D eigenvalue weighted by Gasteiger charge is -2.38. The Morgan fingerprint density at radius 1 is 1.18 bits per heavy atom. The molecule has 2 saturated carbocycles. The fourth-order valence-corrected chi connectivity index (χ4v) is 4.66. The van der Waals surface area contributed by atoms with E-state index in [1.807, 2.05) is 24.3 Å². The number of hydrogen-bond acceptors (Lipinski definition) is 6. The van der Waals surface area contributed by atoms with Gasteiger partial charge in [-0.15, -0.1) is 0 Å². The summed E-state index contributed by atoms with van der Waals surface area (Å²) in [6.07, 6.45) is 4.39. The quantitative estimate of drug-likeness (QED) is 0.562. The van der Waals surface area contributed by atoms with Crippen molar-refractivity contribution in [3.05, 3.63) is 12.2 Å². The third-order valence-electron chi connectivity index (χ3n) is 5.64. The Morgan fingerprint density at radius 3 is 2.18 bits per heavy atom. The Hall–Kier alpha value is -2.83. The SMILES string of the molecule is CCOC(=O)[C@]12C=C[C@H](C(C#N)(C#N)C1(C#N)C#N)C21CC1. The molecule has 2 fully saturated rings. The normalized spacial score (nSPS) is 33.2. The van der Waals surface area contributed by atoms with Crippen molar-refractivity contribution in [1.82, 2.24) is 0 Å². The van der Waals surface area contributed by atoms with Gasteiger partial charge in [0.15, 0.2) is 10.8 Å². The van der Waals surface area contributed by atoms with Crippen molar-refractivity contribution in [1.29, 1.82) is 21.0 Å². The number of rotatable bonds is 2. The molecule has 6 nitrogen and oxygen atoms in total. The minimum Gasteiger partial charge on any atom is -0.465 e. The van der Waals surface area contributed by atoms with Crippen LogP contribution in [0.15, 0.2) is 12.2 Å². The number of nitrogens with zero attached hydrogens (tertiary/aromatic N) is 4. The largest absolute Gasteiger partial charge is 0.465 e. The second kappa shape index (κ2) is 3.88. The smallest absolute Gasteiger partial charge is 0.319 e. The predicted molar refractivity (Wildman–Crippen MR) is 70.7 cm³/mol. The Balaban J connectivity index is 2.39. The van der Waals surface area contributed by atoms with E-state index in [2.05, 4.69) is 0 Å². The first kappa shape index (κ1) is 14.1. The molecule has 0 radical (unpaired) electrons. The molecule has 2 atom stereocenters. The van der Waals surface area contributed by atoms with E-state index in [0.717, 1.165) is 0 Å². The highest BCUT2D eigenvalue weighted by molar-refractivity contribution is 5.88. The summed E-state index contributed by atoms with van der Waals surface area (Å²) >= 11 is 0. The maximum absolute atomic E-state index is 12.7. The zero-order chi connectivity index (χ0) is 16.2. The average molecular weight is 292 g/mol. The molecular weight excluding hydrogens is 280 g/mol. The van der Waals surface area contributed by atoms with Gasteiger partial charge < -0.3 is 4.74 Å². The number of carbonyl (C=O) groups is 1. The molecule has 6 heteroatoms. The molecule has 0 aromatic carbocycles. The summed E-state index contributed by atoms with van der Waals surface area (Å²) < 4.78 is 5.15. The van der Waals surface area contributed by atoms with E-state index in [-0.39, 0.29) is 6.61 Å². The third-order valence-corrected chi connectivity index (χ3v) is 5.64. The van der Waals surface area contributed by atoms with Crippen molar-refractivity contribution in [2.24, 2.45) is 27.6 Å². The standard InChI is InChI=1S/C16H12N4O2/c1-2-22-12(21)16-4-3-11(13(16)5-6-13)14(7-17,8-18)15(16,9-19)10-20/h3-4,11H,2,5-6H2,1H3/t11-,16-/m0/s1. The number of ether oxygens (including phenoxy) is 1. The number of carbonyl (C=O) groups excluding carboxylic acids is 1. The van der Waals surface area contributed by atoms with Crippen LogP contribution in [0.25, 0.3) is 0 Å². The maximum Gasteiger partial charge on any atom is 0.319 e. The van der Waals surface area contributed by atoms with Gasteiger partial charge in [0, 0.05) is 11.3 Å². The van der Waals surface area contributed by atoms with Gasteiger partial charge in [-0.05, 0) is 19.8 Å². The lowest BCUT2D eigenvalue weighted by atomic mass is 9.54. The highest BCUT2D eigenvalue weighted by Crippen LogP contribution is 2.85. The molecule has 0 aromatic heterocycles. The zero-order valence-electron chi connectivity index (χ0n) is 12.0. The first-order valence-corrected chi connectivity index (χ1v) is 7.04. The van der Waals surface area contributed by atoms with Crippen LogP contribution in [0.2, 0.25) is 0 Å². The van der Waals surface area contributed by atoms with E-state index >= 15 is 0 Å².